The zero-order chi connectivity index (χ0) is 15.6. The third-order valence-electron chi connectivity index (χ3n) is 3.46. The molecule has 2 rings (SSSR count). The van der Waals surface area contributed by atoms with Crippen LogP contribution >= 0.6 is 11.6 Å². The third kappa shape index (κ3) is 4.06. The van der Waals surface area contributed by atoms with Gasteiger partial charge in [0, 0.05) is 38.8 Å². The van der Waals surface area contributed by atoms with Gasteiger partial charge < -0.3 is 10.0 Å². The Morgan fingerprint density at radius 2 is 1.95 bits per heavy atom. The smallest absolute Gasteiger partial charge is 0.294 e. The molecule has 0 saturated carbocycles. The lowest BCUT2D eigenvalue weighted by atomic mass is 10.1. The van der Waals surface area contributed by atoms with Crippen LogP contribution in [0.4, 0.5) is 11.4 Å². The highest BCUT2D eigenvalue weighted by Gasteiger charge is 2.27. The maximum absolute atomic E-state index is 11.1. The average Bonchev–Trinajstić information content (AvgIpc) is 2.37. The number of hydrogen-bond donors (Lipinski definition) is 1. The summed E-state index contributed by atoms with van der Waals surface area (Å²) in [5.74, 6) is 0. The lowest BCUT2D eigenvalue weighted by Gasteiger charge is -2.38. The van der Waals surface area contributed by atoms with Crippen LogP contribution < -0.4 is 4.90 Å². The topological polar surface area (TPSA) is 69.8 Å². The number of benzene rings is 1. The summed E-state index contributed by atoms with van der Waals surface area (Å²) in [6, 6.07) is 4.74. The highest BCUT2D eigenvalue weighted by atomic mass is 35.5. The first-order valence-electron chi connectivity index (χ1n) is 6.90. The molecule has 0 spiro atoms. The molecule has 1 heterocycles. The zero-order valence-electron chi connectivity index (χ0n) is 12.3. The second-order valence-corrected chi connectivity index (χ2v) is 6.35. The van der Waals surface area contributed by atoms with E-state index in [2.05, 4.69) is 4.90 Å². The second kappa shape index (κ2) is 6.17. The van der Waals surface area contributed by atoms with E-state index in [1.807, 2.05) is 4.90 Å². The van der Waals surface area contributed by atoms with Crippen molar-refractivity contribution in [1.82, 2.24) is 4.90 Å². The summed E-state index contributed by atoms with van der Waals surface area (Å²) in [7, 11) is 0. The Labute approximate surface area is 129 Å². The van der Waals surface area contributed by atoms with E-state index < -0.39 is 10.5 Å². The molecule has 1 aliphatic rings. The molecule has 21 heavy (non-hydrogen) atoms. The van der Waals surface area contributed by atoms with E-state index in [4.69, 9.17) is 11.6 Å². The van der Waals surface area contributed by atoms with Crippen LogP contribution in [0.3, 0.4) is 0 Å². The summed E-state index contributed by atoms with van der Waals surface area (Å²) in [6.07, 6.45) is 0. The number of para-hydroxylation sites is 1. The molecule has 1 aromatic rings. The van der Waals surface area contributed by atoms with Crippen molar-refractivity contribution in [3.8, 4) is 0 Å². The molecule has 0 amide bonds. The van der Waals surface area contributed by atoms with Crippen LogP contribution in [0.1, 0.15) is 13.8 Å². The van der Waals surface area contributed by atoms with Crippen molar-refractivity contribution >= 4 is 23.0 Å². The predicted molar refractivity (Wildman–Crippen MR) is 83.1 cm³/mol. The van der Waals surface area contributed by atoms with Crippen LogP contribution in [0, 0.1) is 10.1 Å². The number of nitro benzene ring substituents is 1. The van der Waals surface area contributed by atoms with E-state index in [1.54, 1.807) is 26.0 Å². The fourth-order valence-corrected chi connectivity index (χ4v) is 2.93. The number of piperazine rings is 1. The summed E-state index contributed by atoms with van der Waals surface area (Å²) in [5.41, 5.74) is -0.205. The second-order valence-electron chi connectivity index (χ2n) is 5.94. The molecular formula is C14H20ClN3O3. The minimum absolute atomic E-state index is 0.0402. The first-order valence-corrected chi connectivity index (χ1v) is 7.28. The Morgan fingerprint density at radius 1 is 1.33 bits per heavy atom. The molecule has 7 heteroatoms. The Balaban J connectivity index is 2.11. The van der Waals surface area contributed by atoms with Crippen LogP contribution in [-0.2, 0) is 0 Å². The van der Waals surface area contributed by atoms with Gasteiger partial charge in [-0.05, 0) is 19.9 Å². The van der Waals surface area contributed by atoms with Gasteiger partial charge in [-0.15, -0.1) is 0 Å². The van der Waals surface area contributed by atoms with Crippen molar-refractivity contribution in [3.63, 3.8) is 0 Å². The maximum atomic E-state index is 11.1. The number of hydrogen-bond acceptors (Lipinski definition) is 5. The van der Waals surface area contributed by atoms with Gasteiger partial charge in [0.25, 0.3) is 5.69 Å². The minimum Gasteiger partial charge on any atom is -0.389 e. The predicted octanol–water partition coefficient (Wildman–Crippen LogP) is 2.14. The summed E-state index contributed by atoms with van der Waals surface area (Å²) in [4.78, 5) is 14.8. The monoisotopic (exact) mass is 313 g/mol. The van der Waals surface area contributed by atoms with Gasteiger partial charge in [-0.25, -0.2) is 0 Å². The van der Waals surface area contributed by atoms with Crippen molar-refractivity contribution in [2.24, 2.45) is 0 Å². The fourth-order valence-electron chi connectivity index (χ4n) is 2.64. The summed E-state index contributed by atoms with van der Waals surface area (Å²) in [6.45, 7) is 6.93. The Morgan fingerprint density at radius 3 is 2.48 bits per heavy atom. The van der Waals surface area contributed by atoms with Crippen molar-refractivity contribution in [1.29, 1.82) is 0 Å². The molecule has 1 saturated heterocycles. The van der Waals surface area contributed by atoms with Crippen LogP contribution in [0.15, 0.2) is 18.2 Å². The van der Waals surface area contributed by atoms with E-state index in [0.717, 1.165) is 13.1 Å². The van der Waals surface area contributed by atoms with Gasteiger partial charge in [-0.2, -0.15) is 0 Å². The molecule has 0 aromatic heterocycles. The standard InChI is InChI=1S/C14H20ClN3O3/c1-14(2,19)10-16-6-8-17(9-7-16)13-11(15)4-3-5-12(13)18(20)21/h3-5,19H,6-10H2,1-2H3. The largest absolute Gasteiger partial charge is 0.389 e. The van der Waals surface area contributed by atoms with Crippen LogP contribution in [0.5, 0.6) is 0 Å². The molecule has 0 aliphatic carbocycles. The molecule has 0 bridgehead atoms. The van der Waals surface area contributed by atoms with Crippen molar-refractivity contribution < 1.29 is 10.0 Å². The molecule has 1 fully saturated rings. The van der Waals surface area contributed by atoms with Gasteiger partial charge in [0.15, 0.2) is 0 Å². The summed E-state index contributed by atoms with van der Waals surface area (Å²) < 4.78 is 0. The molecule has 0 radical (unpaired) electrons. The third-order valence-corrected chi connectivity index (χ3v) is 3.77. The molecule has 116 valence electrons. The quantitative estimate of drug-likeness (QED) is 0.681. The summed E-state index contributed by atoms with van der Waals surface area (Å²) in [5, 5.41) is 21.4. The van der Waals surface area contributed by atoms with E-state index in [0.29, 0.717) is 30.3 Å². The number of β-amino-alcohol motifs (C(OH)–C–C–N with tert-alkyl or cyclic N) is 1. The lowest BCUT2D eigenvalue weighted by Crippen LogP contribution is -2.50. The number of halogens is 1. The van der Waals surface area contributed by atoms with Crippen LogP contribution in [0.2, 0.25) is 5.02 Å². The average molecular weight is 314 g/mol. The van der Waals surface area contributed by atoms with Gasteiger partial charge in [-0.1, -0.05) is 17.7 Å². The van der Waals surface area contributed by atoms with Crippen LogP contribution in [-0.4, -0.2) is 53.3 Å². The maximum Gasteiger partial charge on any atom is 0.294 e. The summed E-state index contributed by atoms with van der Waals surface area (Å²) >= 11 is 6.15. The molecule has 1 aliphatic heterocycles. The SMILES string of the molecule is CC(C)(O)CN1CCN(c2c(Cl)cccc2[N+](=O)[O-])CC1. The van der Waals surface area contributed by atoms with E-state index in [1.165, 1.54) is 6.07 Å². The number of nitro groups is 1. The molecule has 0 unspecified atom stereocenters. The number of aliphatic hydroxyl groups is 1. The van der Waals surface area contributed by atoms with Gasteiger partial charge in [0.05, 0.1) is 15.5 Å². The molecule has 0 atom stereocenters. The van der Waals surface area contributed by atoms with Crippen molar-refractivity contribution in [2.75, 3.05) is 37.6 Å². The highest BCUT2D eigenvalue weighted by molar-refractivity contribution is 6.33. The van der Waals surface area contributed by atoms with E-state index in [9.17, 15) is 15.2 Å². The molecule has 6 nitrogen and oxygen atoms in total. The molecule has 1 N–H and O–H groups in total. The number of rotatable bonds is 4. The number of nitrogens with zero attached hydrogens (tertiary/aromatic N) is 3. The fraction of sp³-hybridized carbons (Fsp3) is 0.571. The Bertz CT molecular complexity index is 523. The van der Waals surface area contributed by atoms with Crippen molar-refractivity contribution in [2.45, 2.75) is 19.4 Å². The number of anilines is 1. The van der Waals surface area contributed by atoms with Crippen LogP contribution in [0.25, 0.3) is 0 Å². The highest BCUT2D eigenvalue weighted by Crippen LogP contribution is 2.35. The van der Waals surface area contributed by atoms with Crippen molar-refractivity contribution in [3.05, 3.63) is 33.3 Å². The van der Waals surface area contributed by atoms with Gasteiger partial charge in [-0.3, -0.25) is 15.0 Å². The van der Waals surface area contributed by atoms with Gasteiger partial charge in [0.1, 0.15) is 5.69 Å². The zero-order valence-corrected chi connectivity index (χ0v) is 13.0. The Hall–Kier alpha value is -1.37. The molecular weight excluding hydrogens is 294 g/mol. The van der Waals surface area contributed by atoms with E-state index in [-0.39, 0.29) is 5.69 Å². The lowest BCUT2D eigenvalue weighted by molar-refractivity contribution is -0.384. The molecule has 1 aromatic carbocycles. The van der Waals surface area contributed by atoms with E-state index >= 15 is 0 Å². The van der Waals surface area contributed by atoms with Gasteiger partial charge >= 0.3 is 0 Å². The first kappa shape index (κ1) is 16.0. The Kier molecular flexibility index (Phi) is 4.70. The first-order chi connectivity index (χ1) is 9.78. The minimum atomic E-state index is -0.738. The van der Waals surface area contributed by atoms with Gasteiger partial charge in [0.2, 0.25) is 0 Å². The normalized spacial score (nSPS) is 17.0.